The Hall–Kier alpha value is -1.53. The van der Waals surface area contributed by atoms with E-state index in [2.05, 4.69) is 15.2 Å². The summed E-state index contributed by atoms with van der Waals surface area (Å²) in [5, 5.41) is 3.73. The second-order valence-electron chi connectivity index (χ2n) is 8.67. The van der Waals surface area contributed by atoms with Gasteiger partial charge in [0.25, 0.3) is 0 Å². The Morgan fingerprint density at radius 1 is 1.11 bits per heavy atom. The lowest BCUT2D eigenvalue weighted by molar-refractivity contribution is -0.141. The van der Waals surface area contributed by atoms with E-state index in [1.54, 1.807) is 17.8 Å². The number of pyridine rings is 1. The van der Waals surface area contributed by atoms with Crippen molar-refractivity contribution in [1.82, 2.24) is 20.1 Å². The smallest absolute Gasteiger partial charge is 0.368 e. The molecule has 2 aromatic rings. The van der Waals surface area contributed by atoms with Crippen molar-refractivity contribution in [2.45, 2.75) is 24.7 Å². The number of fused-ring (bicyclic) bond motifs is 1. The zero-order valence-electron chi connectivity index (χ0n) is 18.8. The highest BCUT2D eigenvalue weighted by Crippen LogP contribution is 2.36. The molecular weight excluding hydrogens is 529 g/mol. The second-order valence-corrected chi connectivity index (χ2v) is 9.75. The number of benzene rings is 1. The number of halogens is 6. The van der Waals surface area contributed by atoms with Gasteiger partial charge in [-0.05, 0) is 18.6 Å². The Morgan fingerprint density at radius 2 is 1.86 bits per heavy atom. The van der Waals surface area contributed by atoms with Gasteiger partial charge < -0.3 is 15.1 Å². The predicted octanol–water partition coefficient (Wildman–Crippen LogP) is 3.62. The molecule has 3 aliphatic heterocycles. The fourth-order valence-corrected chi connectivity index (χ4v) is 5.88. The molecule has 0 aliphatic carbocycles. The molecule has 35 heavy (non-hydrogen) atoms. The SMILES string of the molecule is Cl.Cl.O=C([C@@H]1C[C@H](N2CCN(c3cc(C(F)(F)F)nc4c(F)cccc34)CC2)CN1)N1CCSC1. The van der Waals surface area contributed by atoms with E-state index >= 15 is 0 Å². The maximum absolute atomic E-state index is 14.3. The van der Waals surface area contributed by atoms with E-state index in [9.17, 15) is 22.4 Å². The van der Waals surface area contributed by atoms with Crippen molar-refractivity contribution in [3.05, 3.63) is 35.8 Å². The summed E-state index contributed by atoms with van der Waals surface area (Å²) in [5.74, 6) is 1.13. The molecule has 3 saturated heterocycles. The predicted molar refractivity (Wildman–Crippen MR) is 134 cm³/mol. The Kier molecular flexibility index (Phi) is 9.01. The van der Waals surface area contributed by atoms with Crippen molar-refractivity contribution in [3.63, 3.8) is 0 Å². The number of nitrogens with zero attached hydrogens (tertiary/aromatic N) is 4. The lowest BCUT2D eigenvalue weighted by atomic mass is 10.1. The van der Waals surface area contributed by atoms with Crippen LogP contribution in [-0.4, -0.2) is 83.7 Å². The molecule has 4 heterocycles. The number of thioether (sulfide) groups is 1. The summed E-state index contributed by atoms with van der Waals surface area (Å²) in [7, 11) is 0. The van der Waals surface area contributed by atoms with Crippen LogP contribution < -0.4 is 10.2 Å². The Bertz CT molecular complexity index is 1050. The maximum atomic E-state index is 14.3. The monoisotopic (exact) mass is 555 g/mol. The Morgan fingerprint density at radius 3 is 2.51 bits per heavy atom. The highest BCUT2D eigenvalue weighted by Gasteiger charge is 2.38. The lowest BCUT2D eigenvalue weighted by Crippen LogP contribution is -2.51. The number of alkyl halides is 3. The summed E-state index contributed by atoms with van der Waals surface area (Å²) in [6, 6.07) is 5.30. The van der Waals surface area contributed by atoms with Crippen LogP contribution >= 0.6 is 36.6 Å². The highest BCUT2D eigenvalue weighted by molar-refractivity contribution is 7.99. The van der Waals surface area contributed by atoms with Crippen LogP contribution in [-0.2, 0) is 11.0 Å². The van der Waals surface area contributed by atoms with Crippen LogP contribution in [0.4, 0.5) is 23.2 Å². The molecule has 3 aliphatic rings. The molecule has 0 radical (unpaired) electrons. The average Bonchev–Trinajstić information content (AvgIpc) is 3.51. The van der Waals surface area contributed by atoms with Crippen molar-refractivity contribution >= 4 is 59.1 Å². The molecule has 0 unspecified atom stereocenters. The molecule has 1 aromatic heterocycles. The van der Waals surface area contributed by atoms with Gasteiger partial charge in [0.1, 0.15) is 17.0 Å². The normalized spacial score (nSPS) is 23.3. The van der Waals surface area contributed by atoms with Gasteiger partial charge >= 0.3 is 6.18 Å². The average molecular weight is 556 g/mol. The van der Waals surface area contributed by atoms with E-state index in [0.29, 0.717) is 37.3 Å². The molecule has 3 fully saturated rings. The molecule has 5 rings (SSSR count). The third kappa shape index (κ3) is 5.74. The fraction of sp³-hybridized carbons (Fsp3) is 0.545. The van der Waals surface area contributed by atoms with Gasteiger partial charge in [0.05, 0.1) is 11.9 Å². The van der Waals surface area contributed by atoms with E-state index < -0.39 is 17.7 Å². The minimum absolute atomic E-state index is 0. The van der Waals surface area contributed by atoms with Gasteiger partial charge in [0, 0.05) is 62.1 Å². The topological polar surface area (TPSA) is 51.7 Å². The number of hydrogen-bond donors (Lipinski definition) is 1. The second kappa shape index (κ2) is 11.2. The number of rotatable bonds is 3. The summed E-state index contributed by atoms with van der Waals surface area (Å²) < 4.78 is 54.6. The molecule has 6 nitrogen and oxygen atoms in total. The summed E-state index contributed by atoms with van der Waals surface area (Å²) in [6.07, 6.45) is -3.92. The number of aromatic nitrogens is 1. The standard InChI is InChI=1S/C22H25F4N5OS.2ClH/c23-16-3-1-2-15-18(11-19(22(24,25)26)28-20(15)16)30-6-4-29(5-7-30)14-10-17(27-12-14)21(32)31-8-9-33-13-31;;/h1-3,11,14,17,27H,4-10,12-13H2;2*1H/t14-,17-;;/m0../s1. The first-order chi connectivity index (χ1) is 15.8. The van der Waals surface area contributed by atoms with Gasteiger partial charge in [-0.3, -0.25) is 9.69 Å². The maximum Gasteiger partial charge on any atom is 0.433 e. The number of carbonyl (C=O) groups excluding carboxylic acids is 1. The van der Waals surface area contributed by atoms with Crippen LogP contribution in [0.15, 0.2) is 24.3 Å². The van der Waals surface area contributed by atoms with Gasteiger partial charge in [0.15, 0.2) is 0 Å². The van der Waals surface area contributed by atoms with Crippen LogP contribution in [0.2, 0.25) is 0 Å². The van der Waals surface area contributed by atoms with E-state index in [4.69, 9.17) is 0 Å². The van der Waals surface area contributed by atoms with Crippen LogP contribution in [0.3, 0.4) is 0 Å². The molecule has 1 amide bonds. The van der Waals surface area contributed by atoms with Gasteiger partial charge in [-0.2, -0.15) is 13.2 Å². The van der Waals surface area contributed by atoms with Gasteiger partial charge in [-0.1, -0.05) is 12.1 Å². The zero-order valence-corrected chi connectivity index (χ0v) is 21.2. The van der Waals surface area contributed by atoms with Crippen LogP contribution in [0, 0.1) is 5.82 Å². The van der Waals surface area contributed by atoms with Crippen LogP contribution in [0.25, 0.3) is 10.9 Å². The fourth-order valence-electron chi connectivity index (χ4n) is 4.92. The first-order valence-corrected chi connectivity index (χ1v) is 12.2. The van der Waals surface area contributed by atoms with Gasteiger partial charge in [-0.15, -0.1) is 36.6 Å². The minimum Gasteiger partial charge on any atom is -0.368 e. The quantitative estimate of drug-likeness (QED) is 0.584. The third-order valence-electron chi connectivity index (χ3n) is 6.70. The number of para-hydroxylation sites is 1. The summed E-state index contributed by atoms with van der Waals surface area (Å²) in [4.78, 5) is 22.3. The number of amides is 1. The van der Waals surface area contributed by atoms with E-state index in [1.165, 1.54) is 6.07 Å². The molecule has 0 saturated carbocycles. The first kappa shape index (κ1) is 28.0. The molecule has 0 bridgehead atoms. The largest absolute Gasteiger partial charge is 0.433 e. The van der Waals surface area contributed by atoms with E-state index in [1.807, 2.05) is 9.80 Å². The number of nitrogens with one attached hydrogen (secondary N) is 1. The summed E-state index contributed by atoms with van der Waals surface area (Å²) >= 11 is 1.76. The number of anilines is 1. The summed E-state index contributed by atoms with van der Waals surface area (Å²) in [5.41, 5.74) is -0.985. The molecule has 194 valence electrons. The first-order valence-electron chi connectivity index (χ1n) is 11.1. The third-order valence-corrected chi connectivity index (χ3v) is 7.67. The van der Waals surface area contributed by atoms with Crippen molar-refractivity contribution < 1.29 is 22.4 Å². The van der Waals surface area contributed by atoms with Gasteiger partial charge in [0.2, 0.25) is 5.91 Å². The van der Waals surface area contributed by atoms with E-state index in [0.717, 1.165) is 43.3 Å². The Balaban J connectivity index is 0.00000171. The molecule has 0 spiro atoms. The van der Waals surface area contributed by atoms with Crippen molar-refractivity contribution in [2.24, 2.45) is 0 Å². The molecular formula is C22H27Cl2F4N5OS. The molecule has 1 aromatic carbocycles. The van der Waals surface area contributed by atoms with E-state index in [-0.39, 0.29) is 48.3 Å². The molecule has 1 N–H and O–H groups in total. The van der Waals surface area contributed by atoms with Crippen molar-refractivity contribution in [2.75, 3.05) is 55.8 Å². The van der Waals surface area contributed by atoms with Gasteiger partial charge in [-0.25, -0.2) is 9.37 Å². The minimum atomic E-state index is -4.65. The number of piperazine rings is 1. The van der Waals surface area contributed by atoms with Crippen molar-refractivity contribution in [3.8, 4) is 0 Å². The summed E-state index contributed by atoms with van der Waals surface area (Å²) in [6.45, 7) is 3.88. The molecule has 2 atom stereocenters. The van der Waals surface area contributed by atoms with Crippen molar-refractivity contribution in [1.29, 1.82) is 0 Å². The number of carbonyl (C=O) groups is 1. The van der Waals surface area contributed by atoms with Crippen LogP contribution in [0.1, 0.15) is 12.1 Å². The lowest BCUT2D eigenvalue weighted by Gasteiger charge is -2.39. The zero-order chi connectivity index (χ0) is 23.2. The highest BCUT2D eigenvalue weighted by atomic mass is 35.5. The number of hydrogen-bond acceptors (Lipinski definition) is 6. The Labute approximate surface area is 217 Å². The molecule has 13 heteroatoms. The van der Waals surface area contributed by atoms with Crippen LogP contribution in [0.5, 0.6) is 0 Å².